The van der Waals surface area contributed by atoms with Crippen molar-refractivity contribution in [2.75, 3.05) is 16.9 Å². The number of halogens is 1. The van der Waals surface area contributed by atoms with Gasteiger partial charge in [0, 0.05) is 11.3 Å². The first kappa shape index (κ1) is 15.3. The first-order valence-corrected chi connectivity index (χ1v) is 8.47. The normalized spacial score (nSPS) is 10.4. The number of benzene rings is 1. The molecular formula is C13H14ClN3OS2. The van der Waals surface area contributed by atoms with Crippen LogP contribution < -0.4 is 5.32 Å². The number of amides is 1. The Bertz CT molecular complexity index is 548. The fourth-order valence-corrected chi connectivity index (χ4v) is 3.23. The van der Waals surface area contributed by atoms with Crippen molar-refractivity contribution in [3.8, 4) is 0 Å². The maximum absolute atomic E-state index is 11.1. The molecule has 0 atom stereocenters. The highest BCUT2D eigenvalue weighted by Gasteiger charge is 2.07. The number of rotatable bonds is 7. The number of nitrogens with one attached hydrogen (secondary N) is 1. The van der Waals surface area contributed by atoms with Gasteiger partial charge in [0.15, 0.2) is 0 Å². The zero-order valence-electron chi connectivity index (χ0n) is 10.7. The van der Waals surface area contributed by atoms with Gasteiger partial charge >= 0.3 is 0 Å². The minimum absolute atomic E-state index is 0.0668. The summed E-state index contributed by atoms with van der Waals surface area (Å²) in [6.07, 6.45) is 1.89. The summed E-state index contributed by atoms with van der Waals surface area (Å²) in [4.78, 5) is 12.4. The predicted molar refractivity (Wildman–Crippen MR) is 84.7 cm³/mol. The van der Waals surface area contributed by atoms with Gasteiger partial charge in [-0.15, -0.1) is 33.6 Å². The Labute approximate surface area is 130 Å². The molecule has 1 amide bonds. The van der Waals surface area contributed by atoms with Crippen LogP contribution in [0.5, 0.6) is 0 Å². The van der Waals surface area contributed by atoms with Crippen molar-refractivity contribution in [3.05, 3.63) is 35.3 Å². The molecule has 1 aromatic heterocycles. The molecule has 0 aliphatic carbocycles. The van der Waals surface area contributed by atoms with Gasteiger partial charge in [-0.2, -0.15) is 0 Å². The number of aromatic nitrogens is 2. The number of carbonyl (C=O) groups is 1. The van der Waals surface area contributed by atoms with E-state index in [-0.39, 0.29) is 11.8 Å². The summed E-state index contributed by atoms with van der Waals surface area (Å²) in [6, 6.07) is 10.3. The highest BCUT2D eigenvalue weighted by atomic mass is 35.5. The Morgan fingerprint density at radius 1 is 1.30 bits per heavy atom. The Balaban J connectivity index is 1.70. The monoisotopic (exact) mass is 327 g/mol. The number of hydrogen-bond acceptors (Lipinski definition) is 5. The fraction of sp³-hybridized carbons (Fsp3) is 0.308. The van der Waals surface area contributed by atoms with E-state index < -0.39 is 0 Å². The number of alkyl halides is 1. The maximum Gasteiger partial charge on any atom is 0.241 e. The van der Waals surface area contributed by atoms with E-state index in [0.717, 1.165) is 23.6 Å². The van der Waals surface area contributed by atoms with Crippen LogP contribution in [-0.4, -0.2) is 27.7 Å². The van der Waals surface area contributed by atoms with Crippen molar-refractivity contribution >= 4 is 45.7 Å². The minimum Gasteiger partial charge on any atom is -0.299 e. The molecule has 0 fully saturated rings. The number of hydrogen-bond donors (Lipinski definition) is 1. The molecule has 0 aliphatic rings. The molecule has 0 spiro atoms. The van der Waals surface area contributed by atoms with Crippen LogP contribution in [0.3, 0.4) is 0 Å². The lowest BCUT2D eigenvalue weighted by atomic mass is 10.4. The summed E-state index contributed by atoms with van der Waals surface area (Å²) in [5.41, 5.74) is 0. The molecule has 0 aliphatic heterocycles. The smallest absolute Gasteiger partial charge is 0.241 e. The van der Waals surface area contributed by atoms with Gasteiger partial charge in [0.2, 0.25) is 11.0 Å². The van der Waals surface area contributed by atoms with Gasteiger partial charge < -0.3 is 0 Å². The predicted octanol–water partition coefficient (Wildman–Crippen LogP) is 3.44. The van der Waals surface area contributed by atoms with Crippen LogP contribution in [0.25, 0.3) is 0 Å². The van der Waals surface area contributed by atoms with E-state index in [4.69, 9.17) is 11.6 Å². The van der Waals surface area contributed by atoms with Crippen LogP contribution in [0.2, 0.25) is 0 Å². The number of nitrogens with zero attached hydrogens (tertiary/aromatic N) is 2. The lowest BCUT2D eigenvalue weighted by molar-refractivity contribution is -0.113. The third kappa shape index (κ3) is 5.11. The Hall–Kier alpha value is -1.11. The second-order valence-electron chi connectivity index (χ2n) is 3.95. The lowest BCUT2D eigenvalue weighted by Crippen LogP contribution is -2.12. The Kier molecular flexibility index (Phi) is 6.29. The molecule has 0 saturated heterocycles. The first-order valence-electron chi connectivity index (χ1n) is 6.14. The SMILES string of the molecule is O=C(CCl)Nc1nnc(CCCSc2ccccc2)s1. The maximum atomic E-state index is 11.1. The van der Waals surface area contributed by atoms with Crippen LogP contribution in [-0.2, 0) is 11.2 Å². The molecule has 0 bridgehead atoms. The number of anilines is 1. The van der Waals surface area contributed by atoms with Crippen LogP contribution in [0.4, 0.5) is 5.13 Å². The summed E-state index contributed by atoms with van der Waals surface area (Å²) in [6.45, 7) is 0. The van der Waals surface area contributed by atoms with Gasteiger partial charge in [0.25, 0.3) is 0 Å². The number of thioether (sulfide) groups is 1. The van der Waals surface area contributed by atoms with Crippen molar-refractivity contribution in [1.29, 1.82) is 0 Å². The average Bonchev–Trinajstić information content (AvgIpc) is 2.92. The van der Waals surface area contributed by atoms with E-state index in [0.29, 0.717) is 5.13 Å². The molecule has 0 saturated carbocycles. The molecule has 4 nitrogen and oxygen atoms in total. The van der Waals surface area contributed by atoms with E-state index in [1.807, 2.05) is 30.0 Å². The lowest BCUT2D eigenvalue weighted by Gasteiger charge is -1.99. The third-order valence-electron chi connectivity index (χ3n) is 2.38. The molecule has 0 unspecified atom stereocenters. The van der Waals surface area contributed by atoms with Crippen LogP contribution in [0, 0.1) is 0 Å². The van der Waals surface area contributed by atoms with Gasteiger partial charge in [0.05, 0.1) is 0 Å². The Morgan fingerprint density at radius 2 is 2.10 bits per heavy atom. The van der Waals surface area contributed by atoms with E-state index in [1.165, 1.54) is 16.2 Å². The standard InChI is InChI=1S/C13H14ClN3OS2/c14-9-11(18)15-13-17-16-12(20-13)7-4-8-19-10-5-2-1-3-6-10/h1-3,5-6H,4,7-9H2,(H,15,17,18). The highest BCUT2D eigenvalue weighted by Crippen LogP contribution is 2.21. The van der Waals surface area contributed by atoms with Gasteiger partial charge in [0.1, 0.15) is 10.9 Å². The molecule has 2 rings (SSSR count). The van der Waals surface area contributed by atoms with Crippen molar-refractivity contribution < 1.29 is 4.79 Å². The van der Waals surface area contributed by atoms with Crippen LogP contribution in [0.1, 0.15) is 11.4 Å². The topological polar surface area (TPSA) is 54.9 Å². The van der Waals surface area contributed by atoms with E-state index in [2.05, 4.69) is 27.6 Å². The van der Waals surface area contributed by atoms with Gasteiger partial charge in [-0.1, -0.05) is 29.5 Å². The van der Waals surface area contributed by atoms with Crippen molar-refractivity contribution in [3.63, 3.8) is 0 Å². The second-order valence-corrected chi connectivity index (χ2v) is 6.45. The number of carbonyl (C=O) groups excluding carboxylic acids is 1. The molecule has 0 radical (unpaired) electrons. The molecular weight excluding hydrogens is 314 g/mol. The van der Waals surface area contributed by atoms with E-state index in [1.54, 1.807) is 0 Å². The second kappa shape index (κ2) is 8.24. The van der Waals surface area contributed by atoms with Crippen molar-refractivity contribution in [1.82, 2.24) is 10.2 Å². The quantitative estimate of drug-likeness (QED) is 0.481. The molecule has 1 aromatic carbocycles. The summed E-state index contributed by atoms with van der Waals surface area (Å²) in [5, 5.41) is 12.0. The molecule has 1 N–H and O–H groups in total. The zero-order valence-corrected chi connectivity index (χ0v) is 13.1. The van der Waals surface area contributed by atoms with Gasteiger partial charge in [-0.05, 0) is 24.3 Å². The third-order valence-corrected chi connectivity index (χ3v) is 4.62. The van der Waals surface area contributed by atoms with Crippen molar-refractivity contribution in [2.45, 2.75) is 17.7 Å². The summed E-state index contributed by atoms with van der Waals surface area (Å²) in [5.74, 6) is 0.712. The first-order chi connectivity index (χ1) is 9.78. The van der Waals surface area contributed by atoms with E-state index >= 15 is 0 Å². The molecule has 1 heterocycles. The fourth-order valence-electron chi connectivity index (χ4n) is 1.49. The zero-order chi connectivity index (χ0) is 14.2. The van der Waals surface area contributed by atoms with Gasteiger partial charge in [-0.3, -0.25) is 10.1 Å². The van der Waals surface area contributed by atoms with E-state index in [9.17, 15) is 4.79 Å². The Morgan fingerprint density at radius 3 is 2.85 bits per heavy atom. The molecule has 7 heteroatoms. The molecule has 106 valence electrons. The largest absolute Gasteiger partial charge is 0.299 e. The molecule has 2 aromatic rings. The van der Waals surface area contributed by atoms with Crippen LogP contribution in [0.15, 0.2) is 35.2 Å². The summed E-state index contributed by atoms with van der Waals surface area (Å²) >= 11 is 8.64. The number of aryl methyl sites for hydroxylation is 1. The summed E-state index contributed by atoms with van der Waals surface area (Å²) in [7, 11) is 0. The van der Waals surface area contributed by atoms with Crippen LogP contribution >= 0.6 is 34.7 Å². The minimum atomic E-state index is -0.256. The van der Waals surface area contributed by atoms with Gasteiger partial charge in [-0.25, -0.2) is 0 Å². The summed E-state index contributed by atoms with van der Waals surface area (Å²) < 4.78 is 0. The average molecular weight is 328 g/mol. The van der Waals surface area contributed by atoms with Crippen molar-refractivity contribution in [2.24, 2.45) is 0 Å². The molecule has 20 heavy (non-hydrogen) atoms. The highest BCUT2D eigenvalue weighted by molar-refractivity contribution is 7.99.